The Morgan fingerprint density at radius 1 is 1.04 bits per heavy atom. The lowest BCUT2D eigenvalue weighted by Crippen LogP contribution is -2.54. The number of anilines is 1. The lowest BCUT2D eigenvalue weighted by molar-refractivity contribution is -0.384. The number of hydrogen-bond donors (Lipinski definition) is 4. The summed E-state index contributed by atoms with van der Waals surface area (Å²) in [6.45, 7) is 1.50. The highest BCUT2D eigenvalue weighted by Crippen LogP contribution is 2.53. The number of hydrogen-bond acceptors (Lipinski definition) is 19. The fourth-order valence-electron chi connectivity index (χ4n) is 9.26. The third-order valence-electron chi connectivity index (χ3n) is 12.9. The molecule has 0 radical (unpaired) electrons. The Morgan fingerprint density at radius 2 is 1.79 bits per heavy atom. The summed E-state index contributed by atoms with van der Waals surface area (Å²) in [4.78, 5) is 97.0. The number of non-ortho nitro benzene ring substituents is 1. The number of nitro benzene ring substituents is 1. The topological polar surface area (TPSA) is 282 Å². The summed E-state index contributed by atoms with van der Waals surface area (Å²) >= 11 is 1.20. The van der Waals surface area contributed by atoms with Crippen LogP contribution >= 0.6 is 11.8 Å². The number of nitro groups is 1. The fraction of sp³-hybridized carbons (Fsp3) is 0.469. The van der Waals surface area contributed by atoms with E-state index in [0.717, 1.165) is 17.4 Å². The van der Waals surface area contributed by atoms with E-state index in [9.17, 15) is 59.3 Å². The van der Waals surface area contributed by atoms with Crippen molar-refractivity contribution in [1.29, 1.82) is 0 Å². The van der Waals surface area contributed by atoms with Crippen molar-refractivity contribution in [3.05, 3.63) is 92.2 Å². The number of aromatic hydroxyl groups is 2. The Balaban J connectivity index is 1.22. The molecule has 6 atom stereocenters. The zero-order valence-corrected chi connectivity index (χ0v) is 40.6. The van der Waals surface area contributed by atoms with Crippen molar-refractivity contribution in [2.45, 2.75) is 93.5 Å². The molecule has 2 aliphatic carbocycles. The van der Waals surface area contributed by atoms with E-state index in [1.54, 1.807) is 21.0 Å². The van der Waals surface area contributed by atoms with Crippen LogP contribution in [0.3, 0.4) is 0 Å². The largest absolute Gasteiger partial charge is 0.507 e. The number of carbonyl (C=O) groups excluding carboxylic acids is 6. The summed E-state index contributed by atoms with van der Waals surface area (Å²) in [6, 6.07) is 7.55. The van der Waals surface area contributed by atoms with Crippen LogP contribution in [0.2, 0.25) is 0 Å². The third kappa shape index (κ3) is 10.9. The van der Waals surface area contributed by atoms with Crippen LogP contribution in [0.5, 0.6) is 17.2 Å². The van der Waals surface area contributed by atoms with Gasteiger partial charge in [-0.15, -0.1) is 11.8 Å². The summed E-state index contributed by atoms with van der Waals surface area (Å²) in [7, 11) is 4.54. The molecule has 71 heavy (non-hydrogen) atoms. The molecule has 4 aliphatic rings. The summed E-state index contributed by atoms with van der Waals surface area (Å²) in [6.07, 6.45) is -1.91. The van der Waals surface area contributed by atoms with Crippen LogP contribution in [0.25, 0.3) is 0 Å². The first-order chi connectivity index (χ1) is 33.8. The van der Waals surface area contributed by atoms with Gasteiger partial charge in [-0.3, -0.25) is 39.0 Å². The third-order valence-corrected chi connectivity index (χ3v) is 14.1. The number of ether oxygens (including phenoxy) is 5. The minimum absolute atomic E-state index is 0.0103. The number of aliphatic hydroxyl groups is 2. The Hall–Kier alpha value is -6.43. The van der Waals surface area contributed by atoms with Crippen LogP contribution in [0, 0.1) is 10.1 Å². The lowest BCUT2D eigenvalue weighted by Gasteiger charge is -2.44. The van der Waals surface area contributed by atoms with Crippen molar-refractivity contribution in [2.24, 2.45) is 0 Å². The van der Waals surface area contributed by atoms with Gasteiger partial charge in [-0.1, -0.05) is 18.2 Å². The number of phenolic OH excluding ortho intramolecular Hbond substituents is 2. The highest BCUT2D eigenvalue weighted by atomic mass is 32.2. The number of ketones is 4. The predicted molar refractivity (Wildman–Crippen MR) is 253 cm³/mol. The highest BCUT2D eigenvalue weighted by molar-refractivity contribution is 7.99. The molecule has 21 nitrogen and oxygen atoms in total. The Labute approximate surface area is 412 Å². The average molecular weight is 1010 g/mol. The van der Waals surface area contributed by atoms with Gasteiger partial charge in [0.2, 0.25) is 17.5 Å². The standard InChI is InChI=1S/C49H56N4O17S/c1-26(54)24-67-18-17-52(31-20-28(53(64)65)13-14-35(31)71-19-9-12-37(56)50(3)4)48(62)68-25-36(55)49(63)22-30-40(34(23-49)70-38-21-32(43(57)27(2)69-38)51-15-6-7-16-51)47(61)42-41(45(30)59)44(58)29-10-8-11-33(66-5)39(29)46(42)60/h6,8,10-11,13-15,20,27,32,34,38,43,57,59,61,63H,7,9,12,16-19,21-25H2,1-5H3. The molecule has 0 spiro atoms. The number of fused-ring (bicyclic) bond motifs is 3. The first kappa shape index (κ1) is 52.4. The maximum Gasteiger partial charge on any atom is 0.414 e. The van der Waals surface area contributed by atoms with Gasteiger partial charge in [-0.25, -0.2) is 4.79 Å². The molecule has 22 heteroatoms. The molecule has 0 bridgehead atoms. The van der Waals surface area contributed by atoms with E-state index in [1.165, 1.54) is 61.0 Å². The maximum absolute atomic E-state index is 14.5. The fourth-order valence-corrected chi connectivity index (χ4v) is 10.3. The van der Waals surface area contributed by atoms with Crippen molar-refractivity contribution in [3.63, 3.8) is 0 Å². The van der Waals surface area contributed by atoms with Gasteiger partial charge in [0.15, 0.2) is 24.5 Å². The van der Waals surface area contributed by atoms with Crippen LogP contribution in [0.1, 0.15) is 95.0 Å². The number of amides is 2. The van der Waals surface area contributed by atoms with Gasteiger partial charge in [-0.05, 0) is 50.8 Å². The van der Waals surface area contributed by atoms with Crippen molar-refractivity contribution in [3.8, 4) is 17.2 Å². The lowest BCUT2D eigenvalue weighted by atomic mass is 9.72. The number of benzene rings is 3. The second-order valence-corrected chi connectivity index (χ2v) is 19.1. The molecule has 6 unspecified atom stereocenters. The number of nitrogens with zero attached hydrogens (tertiary/aromatic N) is 4. The van der Waals surface area contributed by atoms with E-state index in [1.807, 2.05) is 17.2 Å². The molecule has 2 heterocycles. The van der Waals surface area contributed by atoms with Crippen molar-refractivity contribution in [1.82, 2.24) is 9.80 Å². The molecule has 2 aliphatic heterocycles. The second kappa shape index (κ2) is 21.9. The SMILES string of the molecule is COc1cccc2c1C(=O)c1c(O)c3c(c(O)c1C2=O)CC(O)(C(=O)COC(=O)N(CCOCC(C)=O)c1cc([N+](=O)[O-])ccc1SCCCC(=O)N(C)C)CC3OC1CC(N2C=CCC2)C(O)C(C)O1. The number of aliphatic hydroxyl groups excluding tert-OH is 1. The van der Waals surface area contributed by atoms with Crippen LogP contribution in [0.4, 0.5) is 16.2 Å². The average Bonchev–Trinajstić information content (AvgIpc) is 3.88. The van der Waals surface area contributed by atoms with E-state index < -0.39 is 112 Å². The number of thioether (sulfide) groups is 1. The van der Waals surface area contributed by atoms with Crippen molar-refractivity contribution < 1.29 is 77.8 Å². The van der Waals surface area contributed by atoms with Crippen LogP contribution in [0.15, 0.2) is 53.6 Å². The van der Waals surface area contributed by atoms with Gasteiger partial charge >= 0.3 is 6.09 Å². The molecule has 1 fully saturated rings. The van der Waals surface area contributed by atoms with E-state index in [2.05, 4.69) is 0 Å². The minimum Gasteiger partial charge on any atom is -0.507 e. The number of Topliss-reactive ketones (excluding diaryl/α,β-unsaturated/α-hetero) is 2. The molecule has 380 valence electrons. The monoisotopic (exact) mass is 1000 g/mol. The van der Waals surface area contributed by atoms with Crippen molar-refractivity contribution >= 4 is 58.3 Å². The van der Waals surface area contributed by atoms with E-state index in [0.29, 0.717) is 23.6 Å². The molecule has 0 aromatic heterocycles. The summed E-state index contributed by atoms with van der Waals surface area (Å²) < 4.78 is 29.0. The number of carbonyl (C=O) groups is 6. The predicted octanol–water partition coefficient (Wildman–Crippen LogP) is 4.39. The van der Waals surface area contributed by atoms with Crippen LogP contribution in [-0.4, -0.2) is 160 Å². The number of methoxy groups -OCH3 is 1. The quantitative estimate of drug-likeness (QED) is 0.0333. The van der Waals surface area contributed by atoms with Gasteiger partial charge in [-0.2, -0.15) is 0 Å². The van der Waals surface area contributed by atoms with Crippen LogP contribution in [-0.2, 0) is 39.8 Å². The molecular formula is C49H56N4O17S. The summed E-state index contributed by atoms with van der Waals surface area (Å²) in [5, 5.41) is 59.8. The normalized spacial score (nSPS) is 22.3. The Bertz CT molecular complexity index is 2660. The number of rotatable bonds is 19. The Kier molecular flexibility index (Phi) is 16.2. The van der Waals surface area contributed by atoms with Gasteiger partial charge in [0.05, 0.1) is 65.8 Å². The van der Waals surface area contributed by atoms with E-state index in [4.69, 9.17) is 23.7 Å². The number of phenols is 2. The second-order valence-electron chi connectivity index (χ2n) is 17.9. The van der Waals surface area contributed by atoms with E-state index >= 15 is 0 Å². The van der Waals surface area contributed by atoms with Gasteiger partial charge in [0, 0.05) is 80.0 Å². The molecule has 3 aromatic rings. The molecule has 4 N–H and O–H groups in total. The van der Waals surface area contributed by atoms with Crippen molar-refractivity contribution in [2.75, 3.05) is 64.8 Å². The maximum atomic E-state index is 14.5. The molecule has 2 amide bonds. The smallest absolute Gasteiger partial charge is 0.414 e. The van der Waals surface area contributed by atoms with Gasteiger partial charge in [0.25, 0.3) is 5.69 Å². The summed E-state index contributed by atoms with van der Waals surface area (Å²) in [5.74, 6) is -4.45. The zero-order valence-electron chi connectivity index (χ0n) is 39.8. The zero-order chi connectivity index (χ0) is 51.5. The van der Waals surface area contributed by atoms with Gasteiger partial charge in [0.1, 0.15) is 35.6 Å². The molecular weight excluding hydrogens is 949 g/mol. The molecule has 0 saturated carbocycles. The molecule has 1 saturated heterocycles. The summed E-state index contributed by atoms with van der Waals surface area (Å²) in [5.41, 5.74) is -4.93. The molecule has 7 rings (SSSR count). The first-order valence-corrected chi connectivity index (χ1v) is 23.9. The first-order valence-electron chi connectivity index (χ1n) is 22.9. The van der Waals surface area contributed by atoms with Crippen LogP contribution < -0.4 is 9.64 Å². The van der Waals surface area contributed by atoms with E-state index in [-0.39, 0.29) is 78.0 Å². The van der Waals surface area contributed by atoms with Gasteiger partial charge < -0.3 is 53.9 Å². The highest BCUT2D eigenvalue weighted by Gasteiger charge is 2.51. The molecule has 3 aromatic carbocycles. The Morgan fingerprint density at radius 3 is 2.46 bits per heavy atom. The minimum atomic E-state index is -2.57.